The lowest BCUT2D eigenvalue weighted by atomic mass is 10.1. The van der Waals surface area contributed by atoms with E-state index in [1.807, 2.05) is 13.8 Å². The van der Waals surface area contributed by atoms with E-state index in [-0.39, 0.29) is 17.2 Å². The Bertz CT molecular complexity index is 564. The molecule has 0 aliphatic rings. The van der Waals surface area contributed by atoms with Gasteiger partial charge in [0.2, 0.25) is 0 Å². The normalized spacial score (nSPS) is 11.2. The second kappa shape index (κ2) is 4.86. The zero-order valence-electron chi connectivity index (χ0n) is 10.2. The lowest BCUT2D eigenvalue weighted by Crippen LogP contribution is -2.00. The Balaban J connectivity index is 2.47. The van der Waals surface area contributed by atoms with Crippen molar-refractivity contribution in [2.24, 2.45) is 0 Å². The summed E-state index contributed by atoms with van der Waals surface area (Å²) in [7, 11) is 0. The summed E-state index contributed by atoms with van der Waals surface area (Å²) in [4.78, 5) is 0. The Morgan fingerprint density at radius 2 is 2.00 bits per heavy atom. The molecule has 0 atom stereocenters. The Labute approximate surface area is 104 Å². The molecule has 2 aromatic rings. The molecule has 0 aliphatic carbocycles. The Morgan fingerprint density at radius 3 is 2.56 bits per heavy atom. The van der Waals surface area contributed by atoms with Gasteiger partial charge in [0.15, 0.2) is 11.6 Å². The fourth-order valence-corrected chi connectivity index (χ4v) is 1.69. The molecule has 1 heterocycles. The van der Waals surface area contributed by atoms with Gasteiger partial charge in [-0.2, -0.15) is 5.10 Å². The highest BCUT2D eigenvalue weighted by atomic mass is 19.2. The Kier molecular flexibility index (Phi) is 3.43. The zero-order valence-corrected chi connectivity index (χ0v) is 10.2. The van der Waals surface area contributed by atoms with Gasteiger partial charge < -0.3 is 5.11 Å². The van der Waals surface area contributed by atoms with Crippen molar-refractivity contribution in [3.63, 3.8) is 0 Å². The molecule has 0 bridgehead atoms. The first-order valence-electron chi connectivity index (χ1n) is 5.67. The molecule has 5 heteroatoms. The van der Waals surface area contributed by atoms with Crippen molar-refractivity contribution < 1.29 is 13.9 Å². The molecule has 0 saturated carbocycles. The standard InChI is InChI=1S/C13H14F2N2O/c1-8(2)17-6-10(5-16-17)11-4-3-9(7-18)12(14)13(11)15/h3-6,8,18H,7H2,1-2H3. The van der Waals surface area contributed by atoms with Crippen molar-refractivity contribution in [2.45, 2.75) is 26.5 Å². The average Bonchev–Trinajstić information content (AvgIpc) is 2.82. The Hall–Kier alpha value is -1.75. The monoisotopic (exact) mass is 252 g/mol. The number of hydrogen-bond acceptors (Lipinski definition) is 2. The molecular formula is C13H14F2N2O. The van der Waals surface area contributed by atoms with Gasteiger partial charge in [-0.25, -0.2) is 8.78 Å². The minimum atomic E-state index is -1.01. The van der Waals surface area contributed by atoms with Gasteiger partial charge in [-0.15, -0.1) is 0 Å². The van der Waals surface area contributed by atoms with Gasteiger partial charge in [-0.1, -0.05) is 12.1 Å². The van der Waals surface area contributed by atoms with Crippen LogP contribution in [0.3, 0.4) is 0 Å². The molecule has 1 N–H and O–H groups in total. The van der Waals surface area contributed by atoms with E-state index >= 15 is 0 Å². The van der Waals surface area contributed by atoms with E-state index in [0.29, 0.717) is 5.56 Å². The fourth-order valence-electron chi connectivity index (χ4n) is 1.69. The molecule has 0 saturated heterocycles. The number of aromatic nitrogens is 2. The number of rotatable bonds is 3. The fraction of sp³-hybridized carbons (Fsp3) is 0.308. The average molecular weight is 252 g/mol. The van der Waals surface area contributed by atoms with Gasteiger partial charge in [-0.3, -0.25) is 4.68 Å². The maximum atomic E-state index is 13.8. The van der Waals surface area contributed by atoms with Crippen molar-refractivity contribution in [3.8, 4) is 11.1 Å². The van der Waals surface area contributed by atoms with Crippen LogP contribution in [-0.2, 0) is 6.61 Å². The second-order valence-corrected chi connectivity index (χ2v) is 4.36. The highest BCUT2D eigenvalue weighted by molar-refractivity contribution is 5.63. The maximum absolute atomic E-state index is 13.8. The number of aliphatic hydroxyl groups excluding tert-OH is 1. The number of halogens is 2. The van der Waals surface area contributed by atoms with E-state index in [2.05, 4.69) is 5.10 Å². The third-order valence-electron chi connectivity index (χ3n) is 2.77. The first-order valence-corrected chi connectivity index (χ1v) is 5.67. The van der Waals surface area contributed by atoms with E-state index in [1.54, 1.807) is 10.9 Å². The van der Waals surface area contributed by atoms with Crippen LogP contribution < -0.4 is 0 Å². The van der Waals surface area contributed by atoms with E-state index in [1.165, 1.54) is 18.3 Å². The smallest absolute Gasteiger partial charge is 0.167 e. The lowest BCUT2D eigenvalue weighted by Gasteiger charge is -2.06. The van der Waals surface area contributed by atoms with Gasteiger partial charge in [0.25, 0.3) is 0 Å². The van der Waals surface area contributed by atoms with Crippen LogP contribution in [0.25, 0.3) is 11.1 Å². The molecule has 0 spiro atoms. The third kappa shape index (κ3) is 2.13. The third-order valence-corrected chi connectivity index (χ3v) is 2.77. The van der Waals surface area contributed by atoms with E-state index in [4.69, 9.17) is 5.11 Å². The summed E-state index contributed by atoms with van der Waals surface area (Å²) in [6.07, 6.45) is 3.16. The summed E-state index contributed by atoms with van der Waals surface area (Å²) in [6.45, 7) is 3.37. The predicted molar refractivity (Wildman–Crippen MR) is 63.9 cm³/mol. The maximum Gasteiger partial charge on any atom is 0.167 e. The number of aliphatic hydroxyl groups is 1. The molecule has 3 nitrogen and oxygen atoms in total. The van der Waals surface area contributed by atoms with E-state index in [9.17, 15) is 8.78 Å². The molecule has 18 heavy (non-hydrogen) atoms. The van der Waals surface area contributed by atoms with Gasteiger partial charge in [0.05, 0.1) is 12.8 Å². The summed E-state index contributed by atoms with van der Waals surface area (Å²) in [5, 5.41) is 12.9. The molecule has 1 aromatic carbocycles. The molecule has 0 aliphatic heterocycles. The molecule has 1 aromatic heterocycles. The van der Waals surface area contributed by atoms with Gasteiger partial charge in [-0.05, 0) is 13.8 Å². The number of benzene rings is 1. The van der Waals surface area contributed by atoms with Gasteiger partial charge in [0.1, 0.15) is 0 Å². The number of hydrogen-bond donors (Lipinski definition) is 1. The van der Waals surface area contributed by atoms with Crippen LogP contribution in [0.5, 0.6) is 0 Å². The summed E-state index contributed by atoms with van der Waals surface area (Å²) in [5.74, 6) is -1.96. The van der Waals surface area contributed by atoms with E-state index < -0.39 is 18.2 Å². The van der Waals surface area contributed by atoms with Crippen LogP contribution >= 0.6 is 0 Å². The largest absolute Gasteiger partial charge is 0.392 e. The molecular weight excluding hydrogens is 238 g/mol. The summed E-state index contributed by atoms with van der Waals surface area (Å²) in [6, 6.07) is 2.98. The van der Waals surface area contributed by atoms with Crippen LogP contribution in [-0.4, -0.2) is 14.9 Å². The summed E-state index contributed by atoms with van der Waals surface area (Å²) >= 11 is 0. The Morgan fingerprint density at radius 1 is 1.28 bits per heavy atom. The highest BCUT2D eigenvalue weighted by Crippen LogP contribution is 2.26. The lowest BCUT2D eigenvalue weighted by molar-refractivity contribution is 0.273. The second-order valence-electron chi connectivity index (χ2n) is 4.36. The predicted octanol–water partition coefficient (Wildman–Crippen LogP) is 2.90. The quantitative estimate of drug-likeness (QED) is 0.912. The van der Waals surface area contributed by atoms with Crippen LogP contribution in [0.15, 0.2) is 24.5 Å². The van der Waals surface area contributed by atoms with Crippen LogP contribution in [0.1, 0.15) is 25.5 Å². The minimum absolute atomic E-state index is 0.0486. The molecule has 0 radical (unpaired) electrons. The number of nitrogens with zero attached hydrogens (tertiary/aromatic N) is 2. The minimum Gasteiger partial charge on any atom is -0.392 e. The molecule has 0 amide bonds. The first-order chi connectivity index (χ1) is 8.54. The van der Waals surface area contributed by atoms with Crippen LogP contribution in [0, 0.1) is 11.6 Å². The van der Waals surface area contributed by atoms with Crippen LogP contribution in [0.4, 0.5) is 8.78 Å². The van der Waals surface area contributed by atoms with Crippen molar-refractivity contribution >= 4 is 0 Å². The summed E-state index contributed by atoms with van der Waals surface area (Å²) in [5.41, 5.74) is 0.619. The first kappa shape index (κ1) is 12.7. The van der Waals surface area contributed by atoms with E-state index in [0.717, 1.165) is 0 Å². The highest BCUT2D eigenvalue weighted by Gasteiger charge is 2.15. The summed E-state index contributed by atoms with van der Waals surface area (Å²) < 4.78 is 29.0. The van der Waals surface area contributed by atoms with Crippen molar-refractivity contribution in [1.82, 2.24) is 9.78 Å². The molecule has 2 rings (SSSR count). The topological polar surface area (TPSA) is 38.0 Å². The molecule has 0 fully saturated rings. The van der Waals surface area contributed by atoms with Crippen molar-refractivity contribution in [3.05, 3.63) is 41.7 Å². The SMILES string of the molecule is CC(C)n1cc(-c2ccc(CO)c(F)c2F)cn1. The van der Waals surface area contributed by atoms with Crippen LogP contribution in [0.2, 0.25) is 0 Å². The zero-order chi connectivity index (χ0) is 13.3. The molecule has 96 valence electrons. The van der Waals surface area contributed by atoms with Gasteiger partial charge in [0, 0.05) is 28.9 Å². The van der Waals surface area contributed by atoms with Crippen molar-refractivity contribution in [2.75, 3.05) is 0 Å². The van der Waals surface area contributed by atoms with Crippen molar-refractivity contribution in [1.29, 1.82) is 0 Å². The van der Waals surface area contributed by atoms with Gasteiger partial charge >= 0.3 is 0 Å². The molecule has 0 unspecified atom stereocenters.